The number of likely N-dealkylation sites (tertiary alicyclic amines) is 1. The molecular weight excluding hydrogens is 412 g/mol. The van der Waals surface area contributed by atoms with Crippen LogP contribution in [0, 0.1) is 6.92 Å². The topological polar surface area (TPSA) is 107 Å². The molecule has 2 aliphatic rings. The molecule has 5 rings (SSSR count). The highest BCUT2D eigenvalue weighted by Crippen LogP contribution is 2.33. The molecule has 9 nitrogen and oxygen atoms in total. The normalized spacial score (nSPS) is 17.1. The number of nitrogens with one attached hydrogen (secondary N) is 1. The average Bonchev–Trinajstić information content (AvgIpc) is 3.53. The Kier molecular flexibility index (Phi) is 5.22. The summed E-state index contributed by atoms with van der Waals surface area (Å²) >= 11 is 0. The van der Waals surface area contributed by atoms with Crippen LogP contribution in [0.1, 0.15) is 29.7 Å². The monoisotopic (exact) mass is 434 g/mol. The van der Waals surface area contributed by atoms with Gasteiger partial charge in [-0.05, 0) is 36.2 Å². The first-order valence-corrected chi connectivity index (χ1v) is 10.4. The van der Waals surface area contributed by atoms with Crippen molar-refractivity contribution in [2.24, 2.45) is 0 Å². The molecule has 2 aliphatic heterocycles. The molecule has 1 atom stereocenters. The zero-order chi connectivity index (χ0) is 22.1. The summed E-state index contributed by atoms with van der Waals surface area (Å²) < 4.78 is 15.6. The van der Waals surface area contributed by atoms with E-state index in [1.165, 1.54) is 0 Å². The van der Waals surface area contributed by atoms with Gasteiger partial charge in [0, 0.05) is 18.5 Å². The summed E-state index contributed by atoms with van der Waals surface area (Å²) in [5.74, 6) is 1.06. The molecule has 3 heterocycles. The summed E-state index contributed by atoms with van der Waals surface area (Å²) in [5, 5.41) is 10.8. The number of carbonyl (C=O) groups excluding carboxylic acids is 2. The van der Waals surface area contributed by atoms with Gasteiger partial charge in [0.25, 0.3) is 0 Å². The smallest absolute Gasteiger partial charge is 0.243 e. The Balaban J connectivity index is 1.26. The first-order valence-electron chi connectivity index (χ1n) is 10.4. The molecule has 0 radical (unpaired) electrons. The lowest BCUT2D eigenvalue weighted by Crippen LogP contribution is -2.44. The van der Waals surface area contributed by atoms with Crippen LogP contribution in [-0.2, 0) is 22.7 Å². The quantitative estimate of drug-likeness (QED) is 0.635. The number of nitrogens with zero attached hydrogens (tertiary/aromatic N) is 3. The van der Waals surface area contributed by atoms with E-state index in [2.05, 4.69) is 15.6 Å². The minimum absolute atomic E-state index is 0.0498. The van der Waals surface area contributed by atoms with Crippen molar-refractivity contribution in [3.63, 3.8) is 0 Å². The van der Waals surface area contributed by atoms with Crippen LogP contribution in [-0.4, -0.2) is 39.9 Å². The molecule has 3 aromatic rings. The van der Waals surface area contributed by atoms with Gasteiger partial charge in [0.2, 0.25) is 18.6 Å². The fourth-order valence-electron chi connectivity index (χ4n) is 3.98. The summed E-state index contributed by atoms with van der Waals surface area (Å²) in [7, 11) is 0. The fraction of sp³-hybridized carbons (Fsp3) is 0.304. The first kappa shape index (κ1) is 20.0. The molecule has 2 aromatic carbocycles. The number of hydrogen-bond donors (Lipinski definition) is 1. The second-order valence-corrected chi connectivity index (χ2v) is 7.91. The zero-order valence-electron chi connectivity index (χ0n) is 17.5. The number of amides is 2. The minimum atomic E-state index is -0.546. The van der Waals surface area contributed by atoms with Crippen molar-refractivity contribution >= 4 is 11.8 Å². The zero-order valence-corrected chi connectivity index (χ0v) is 17.5. The Bertz CT molecular complexity index is 1160. The van der Waals surface area contributed by atoms with E-state index in [1.807, 2.05) is 49.4 Å². The molecule has 1 unspecified atom stereocenters. The van der Waals surface area contributed by atoms with Gasteiger partial charge in [0.05, 0.1) is 6.54 Å². The molecule has 0 spiro atoms. The number of rotatable bonds is 6. The van der Waals surface area contributed by atoms with Gasteiger partial charge in [-0.1, -0.05) is 41.1 Å². The van der Waals surface area contributed by atoms with Gasteiger partial charge >= 0.3 is 0 Å². The molecule has 0 aliphatic carbocycles. The highest BCUT2D eigenvalue weighted by molar-refractivity contribution is 5.91. The molecule has 9 heteroatoms. The van der Waals surface area contributed by atoms with Gasteiger partial charge in [-0.2, -0.15) is 0 Å². The molecule has 0 saturated carbocycles. The van der Waals surface area contributed by atoms with E-state index in [-0.39, 0.29) is 25.2 Å². The maximum atomic E-state index is 12.9. The Morgan fingerprint density at radius 3 is 2.78 bits per heavy atom. The Morgan fingerprint density at radius 2 is 1.94 bits per heavy atom. The highest BCUT2D eigenvalue weighted by Gasteiger charge is 2.36. The minimum Gasteiger partial charge on any atom is -0.454 e. The maximum absolute atomic E-state index is 12.9. The van der Waals surface area contributed by atoms with Crippen molar-refractivity contribution in [2.45, 2.75) is 38.9 Å². The van der Waals surface area contributed by atoms with Crippen LogP contribution in [0.4, 0.5) is 0 Å². The van der Waals surface area contributed by atoms with Gasteiger partial charge in [0.15, 0.2) is 11.5 Å². The SMILES string of the molecule is Cc1ccc(-c2nonc2CNC(=O)C2CCC(=O)N2Cc2ccc3c(c2)OCO3)cc1. The number of carbonyl (C=O) groups is 2. The molecule has 1 aromatic heterocycles. The van der Waals surface area contributed by atoms with Crippen molar-refractivity contribution in [2.75, 3.05) is 6.79 Å². The number of hydrogen-bond acceptors (Lipinski definition) is 7. The van der Waals surface area contributed by atoms with Gasteiger partial charge in [0.1, 0.15) is 17.4 Å². The van der Waals surface area contributed by atoms with Gasteiger partial charge in [-0.15, -0.1) is 0 Å². The first-order chi connectivity index (χ1) is 15.6. The number of aryl methyl sites for hydroxylation is 1. The summed E-state index contributed by atoms with van der Waals surface area (Å²) in [6.45, 7) is 2.68. The lowest BCUT2D eigenvalue weighted by molar-refractivity contribution is -0.135. The predicted molar refractivity (Wildman–Crippen MR) is 112 cm³/mol. The van der Waals surface area contributed by atoms with Crippen molar-refractivity contribution in [1.82, 2.24) is 20.5 Å². The molecular formula is C23H22N4O5. The summed E-state index contributed by atoms with van der Waals surface area (Å²) in [5.41, 5.74) is 4.00. The Hall–Kier alpha value is -3.88. The third kappa shape index (κ3) is 3.89. The van der Waals surface area contributed by atoms with Crippen molar-refractivity contribution < 1.29 is 23.7 Å². The van der Waals surface area contributed by atoms with E-state index in [9.17, 15) is 9.59 Å². The third-order valence-electron chi connectivity index (χ3n) is 5.73. The van der Waals surface area contributed by atoms with E-state index in [0.717, 1.165) is 16.7 Å². The number of fused-ring (bicyclic) bond motifs is 1. The molecule has 1 saturated heterocycles. The van der Waals surface area contributed by atoms with E-state index >= 15 is 0 Å². The molecule has 1 N–H and O–H groups in total. The van der Waals surface area contributed by atoms with Crippen LogP contribution >= 0.6 is 0 Å². The molecule has 1 fully saturated rings. The van der Waals surface area contributed by atoms with Crippen molar-refractivity contribution in [1.29, 1.82) is 0 Å². The Labute approximate surface area is 184 Å². The molecule has 32 heavy (non-hydrogen) atoms. The van der Waals surface area contributed by atoms with Crippen LogP contribution in [0.2, 0.25) is 0 Å². The van der Waals surface area contributed by atoms with Crippen LogP contribution in [0.25, 0.3) is 11.3 Å². The van der Waals surface area contributed by atoms with Crippen LogP contribution in [0.5, 0.6) is 11.5 Å². The predicted octanol–water partition coefficient (Wildman–Crippen LogP) is 2.58. The van der Waals surface area contributed by atoms with Gasteiger partial charge in [-0.3, -0.25) is 9.59 Å². The van der Waals surface area contributed by atoms with E-state index < -0.39 is 6.04 Å². The number of aromatic nitrogens is 2. The molecule has 164 valence electrons. The second kappa shape index (κ2) is 8.33. The number of ether oxygens (including phenoxy) is 2. The van der Waals surface area contributed by atoms with Crippen LogP contribution in [0.15, 0.2) is 47.1 Å². The van der Waals surface area contributed by atoms with E-state index in [1.54, 1.807) is 4.90 Å². The lowest BCUT2D eigenvalue weighted by atomic mass is 10.1. The number of benzene rings is 2. The summed E-state index contributed by atoms with van der Waals surface area (Å²) in [4.78, 5) is 27.0. The maximum Gasteiger partial charge on any atom is 0.243 e. The van der Waals surface area contributed by atoms with Crippen LogP contribution < -0.4 is 14.8 Å². The largest absolute Gasteiger partial charge is 0.454 e. The summed E-state index contributed by atoms with van der Waals surface area (Å²) in [6.07, 6.45) is 0.805. The van der Waals surface area contributed by atoms with E-state index in [0.29, 0.717) is 42.3 Å². The summed E-state index contributed by atoms with van der Waals surface area (Å²) in [6, 6.07) is 12.8. The lowest BCUT2D eigenvalue weighted by Gasteiger charge is -2.24. The van der Waals surface area contributed by atoms with Gasteiger partial charge < -0.3 is 19.7 Å². The molecule has 0 bridgehead atoms. The second-order valence-electron chi connectivity index (χ2n) is 7.91. The average molecular weight is 434 g/mol. The standard InChI is InChI=1S/C23H22N4O5/c1-14-2-5-16(6-3-14)22-17(25-32-26-22)11-24-23(29)18-7-9-21(28)27(18)12-15-4-8-19-20(10-15)31-13-30-19/h2-6,8,10,18H,7,9,11-13H2,1H3,(H,24,29). The third-order valence-corrected chi connectivity index (χ3v) is 5.73. The van der Waals surface area contributed by atoms with Crippen LogP contribution in [0.3, 0.4) is 0 Å². The Morgan fingerprint density at radius 1 is 1.12 bits per heavy atom. The molecule has 2 amide bonds. The fourth-order valence-corrected chi connectivity index (χ4v) is 3.98. The van der Waals surface area contributed by atoms with Crippen molar-refractivity contribution in [3.8, 4) is 22.8 Å². The highest BCUT2D eigenvalue weighted by atomic mass is 16.7. The van der Waals surface area contributed by atoms with E-state index in [4.69, 9.17) is 14.1 Å². The van der Waals surface area contributed by atoms with Gasteiger partial charge in [-0.25, -0.2) is 4.63 Å². The van der Waals surface area contributed by atoms with Crippen molar-refractivity contribution in [3.05, 3.63) is 59.3 Å².